The number of hydrogen-bond donors (Lipinski definition) is 1. The number of urea groups is 2. The molecule has 0 unspecified atom stereocenters. The summed E-state index contributed by atoms with van der Waals surface area (Å²) in [5.41, 5.74) is 4.32. The van der Waals surface area contributed by atoms with E-state index in [1.54, 1.807) is 65.3 Å². The predicted molar refractivity (Wildman–Crippen MR) is 247 cm³/mol. The number of para-hydroxylation sites is 2. The fourth-order valence-electron chi connectivity index (χ4n) is 9.35. The van der Waals surface area contributed by atoms with Gasteiger partial charge in [-0.05, 0) is 90.8 Å². The second-order valence-corrected chi connectivity index (χ2v) is 18.6. The van der Waals surface area contributed by atoms with Crippen LogP contribution in [0.4, 0.5) is 47.3 Å². The molecule has 0 bridgehead atoms. The number of anilines is 2. The Morgan fingerprint density at radius 1 is 0.549 bits per heavy atom. The normalized spacial score (nSPS) is 17.2. The van der Waals surface area contributed by atoms with Crippen molar-refractivity contribution < 1.29 is 49.6 Å². The number of benzene rings is 4. The molecule has 4 aromatic carbocycles. The molecular formula is C50H50F6N10O5. The Morgan fingerprint density at radius 3 is 1.25 bits per heavy atom. The lowest BCUT2D eigenvalue weighted by Crippen LogP contribution is -2.62. The topological polar surface area (TPSA) is 157 Å². The summed E-state index contributed by atoms with van der Waals surface area (Å²) in [5, 5.41) is 16.4. The molecule has 21 heteroatoms. The molecule has 10 rings (SSSR count). The lowest BCUT2D eigenvalue weighted by molar-refractivity contribution is -0.157. The Bertz CT molecular complexity index is 2780. The van der Waals surface area contributed by atoms with Gasteiger partial charge in [-0.25, -0.2) is 9.59 Å². The predicted octanol–water partition coefficient (Wildman–Crippen LogP) is 9.39. The van der Waals surface area contributed by atoms with E-state index in [2.05, 4.69) is 25.7 Å². The standard InChI is InChI=1S/C26H26F3N5O3.C24H24F3N5O2/c1-18(35)33-16-25(17-33)11-13-32(14-12-25)24(36)34(21-5-3-2-4-6-21)15-19-7-9-20(10-8-19)22-30-31-23(37-22)26(27,28)29;25-24(26,27)21-30-29-20(34-21)18-8-6-17(7-9-18)14-32(19-4-2-1-3-5-19)22(33)31-12-10-23(11-13-31)15-28-16-23/h2-10H,11-17H2,1H3;1-9,28H,10-16H2. The number of carbonyl (C=O) groups excluding carboxylic acids is 3. The van der Waals surface area contributed by atoms with Crippen LogP contribution in [0.15, 0.2) is 118 Å². The van der Waals surface area contributed by atoms with Crippen LogP contribution in [0, 0.1) is 10.8 Å². The first kappa shape index (κ1) is 48.7. The number of nitrogens with one attached hydrogen (secondary N) is 1. The van der Waals surface area contributed by atoms with E-state index >= 15 is 0 Å². The maximum atomic E-state index is 13.6. The fourth-order valence-corrected chi connectivity index (χ4v) is 9.35. The van der Waals surface area contributed by atoms with Gasteiger partial charge in [-0.1, -0.05) is 60.7 Å². The number of nitrogens with zero attached hydrogens (tertiary/aromatic N) is 9. The molecule has 6 aromatic rings. The molecule has 0 atom stereocenters. The van der Waals surface area contributed by atoms with Crippen molar-refractivity contribution in [3.8, 4) is 22.9 Å². The third-order valence-corrected chi connectivity index (χ3v) is 13.7. The Balaban J connectivity index is 0.000000176. The Morgan fingerprint density at radius 2 is 0.930 bits per heavy atom. The van der Waals surface area contributed by atoms with Gasteiger partial charge in [0.15, 0.2) is 0 Å². The summed E-state index contributed by atoms with van der Waals surface area (Å²) < 4.78 is 86.1. The van der Waals surface area contributed by atoms with E-state index in [1.807, 2.05) is 75.4 Å². The first-order valence-electron chi connectivity index (χ1n) is 23.2. The summed E-state index contributed by atoms with van der Waals surface area (Å²) >= 11 is 0. The Hall–Kier alpha value is -7.29. The number of halogens is 6. The smallest absolute Gasteiger partial charge is 0.413 e. The van der Waals surface area contributed by atoms with Crippen molar-refractivity contribution >= 4 is 29.3 Å². The summed E-state index contributed by atoms with van der Waals surface area (Å²) in [4.78, 5) is 47.7. The molecule has 71 heavy (non-hydrogen) atoms. The number of likely N-dealkylation sites (tertiary alicyclic amines) is 3. The molecule has 1 N–H and O–H groups in total. The van der Waals surface area contributed by atoms with Gasteiger partial charge in [-0.15, -0.1) is 20.4 Å². The summed E-state index contributed by atoms with van der Waals surface area (Å²) in [7, 11) is 0. The van der Waals surface area contributed by atoms with E-state index in [1.165, 1.54) is 0 Å². The van der Waals surface area contributed by atoms with Gasteiger partial charge < -0.3 is 28.9 Å². The van der Waals surface area contributed by atoms with Gasteiger partial charge in [0.25, 0.3) is 0 Å². The molecule has 6 heterocycles. The fraction of sp³-hybridized carbons (Fsp3) is 0.380. The van der Waals surface area contributed by atoms with Crippen molar-refractivity contribution in [2.24, 2.45) is 10.8 Å². The van der Waals surface area contributed by atoms with Crippen molar-refractivity contribution in [3.05, 3.63) is 132 Å². The molecule has 372 valence electrons. The van der Waals surface area contributed by atoms with Crippen LogP contribution < -0.4 is 15.1 Å². The van der Waals surface area contributed by atoms with E-state index in [0.717, 1.165) is 87.5 Å². The third-order valence-electron chi connectivity index (χ3n) is 13.7. The highest BCUT2D eigenvalue weighted by Gasteiger charge is 2.47. The zero-order valence-electron chi connectivity index (χ0n) is 38.6. The lowest BCUT2D eigenvalue weighted by Gasteiger charge is -2.54. The third kappa shape index (κ3) is 11.0. The van der Waals surface area contributed by atoms with Gasteiger partial charge in [0.1, 0.15) is 0 Å². The summed E-state index contributed by atoms with van der Waals surface area (Å²) in [5.74, 6) is -3.12. The van der Waals surface area contributed by atoms with Crippen LogP contribution in [-0.4, -0.2) is 105 Å². The molecule has 2 aromatic heterocycles. The van der Waals surface area contributed by atoms with Crippen LogP contribution in [0.2, 0.25) is 0 Å². The minimum absolute atomic E-state index is 0.0517. The number of carbonyl (C=O) groups is 3. The van der Waals surface area contributed by atoms with Crippen LogP contribution in [-0.2, 0) is 30.2 Å². The molecule has 5 amide bonds. The van der Waals surface area contributed by atoms with E-state index in [4.69, 9.17) is 8.83 Å². The maximum Gasteiger partial charge on any atom is 0.470 e. The van der Waals surface area contributed by atoms with Crippen LogP contribution >= 0.6 is 0 Å². The highest BCUT2D eigenvalue weighted by atomic mass is 19.4. The average Bonchev–Trinajstić information content (AvgIpc) is 4.07. The number of piperidine rings is 2. The quantitative estimate of drug-likeness (QED) is 0.146. The monoisotopic (exact) mass is 984 g/mol. The molecule has 0 radical (unpaired) electrons. The summed E-state index contributed by atoms with van der Waals surface area (Å²) in [6, 6.07) is 32.0. The number of aromatic nitrogens is 4. The Labute approximate surface area is 404 Å². The van der Waals surface area contributed by atoms with Crippen LogP contribution in [0.1, 0.15) is 55.5 Å². The number of rotatable bonds is 8. The van der Waals surface area contributed by atoms with Gasteiger partial charge in [-0.2, -0.15) is 26.3 Å². The maximum absolute atomic E-state index is 13.6. The SMILES string of the molecule is CC(=O)N1CC2(CCN(C(=O)N(Cc3ccc(-c4nnc(C(F)(F)F)o4)cc3)c3ccccc3)CC2)C1.O=C(N1CCC2(CC1)CNC2)N(Cc1ccc(-c2nnc(C(F)(F)F)o2)cc1)c1ccccc1. The van der Waals surface area contributed by atoms with E-state index in [0.29, 0.717) is 36.2 Å². The van der Waals surface area contributed by atoms with Gasteiger partial charge >= 0.3 is 36.2 Å². The van der Waals surface area contributed by atoms with E-state index < -0.39 is 24.1 Å². The molecule has 4 aliphatic rings. The second kappa shape index (κ2) is 19.8. The average molecular weight is 985 g/mol. The molecule has 4 aliphatic heterocycles. The van der Waals surface area contributed by atoms with Gasteiger partial charge in [-0.3, -0.25) is 14.6 Å². The van der Waals surface area contributed by atoms with Gasteiger partial charge in [0.2, 0.25) is 17.7 Å². The Kier molecular flexibility index (Phi) is 13.6. The zero-order chi connectivity index (χ0) is 50.0. The summed E-state index contributed by atoms with van der Waals surface area (Å²) in [6.07, 6.45) is -5.71. The van der Waals surface area contributed by atoms with Crippen molar-refractivity contribution in [1.82, 2.24) is 40.4 Å². The summed E-state index contributed by atoms with van der Waals surface area (Å²) in [6.45, 7) is 8.41. The number of hydrogen-bond acceptors (Lipinski definition) is 10. The zero-order valence-corrected chi connectivity index (χ0v) is 38.6. The second-order valence-electron chi connectivity index (χ2n) is 18.6. The van der Waals surface area contributed by atoms with Crippen molar-refractivity contribution in [3.63, 3.8) is 0 Å². The van der Waals surface area contributed by atoms with Crippen LogP contribution in [0.5, 0.6) is 0 Å². The van der Waals surface area contributed by atoms with Gasteiger partial charge in [0, 0.05) is 87.2 Å². The highest BCUT2D eigenvalue weighted by molar-refractivity contribution is 5.93. The molecular weight excluding hydrogens is 935 g/mol. The minimum Gasteiger partial charge on any atom is -0.413 e. The molecule has 2 spiro atoms. The highest BCUT2D eigenvalue weighted by Crippen LogP contribution is 2.41. The van der Waals surface area contributed by atoms with Crippen LogP contribution in [0.3, 0.4) is 0 Å². The number of alkyl halides is 6. The minimum atomic E-state index is -4.71. The lowest BCUT2D eigenvalue weighted by atomic mass is 9.72. The molecule has 0 aliphatic carbocycles. The molecule has 4 saturated heterocycles. The first-order chi connectivity index (χ1) is 34.0. The largest absolute Gasteiger partial charge is 0.470 e. The van der Waals surface area contributed by atoms with E-state index in [9.17, 15) is 40.7 Å². The number of amides is 5. The van der Waals surface area contributed by atoms with Gasteiger partial charge in [0.05, 0.1) is 13.1 Å². The van der Waals surface area contributed by atoms with Crippen LogP contribution in [0.25, 0.3) is 22.9 Å². The molecule has 15 nitrogen and oxygen atoms in total. The first-order valence-corrected chi connectivity index (χ1v) is 23.2. The molecule has 4 fully saturated rings. The van der Waals surface area contributed by atoms with Crippen molar-refractivity contribution in [1.29, 1.82) is 0 Å². The van der Waals surface area contributed by atoms with Crippen molar-refractivity contribution in [2.75, 3.05) is 62.2 Å². The van der Waals surface area contributed by atoms with E-state index in [-0.39, 0.29) is 41.7 Å². The van der Waals surface area contributed by atoms with Crippen molar-refractivity contribution in [2.45, 2.75) is 58.0 Å². The molecule has 0 saturated carbocycles.